The van der Waals surface area contributed by atoms with Crippen molar-refractivity contribution in [3.05, 3.63) is 58.3 Å². The molecule has 1 aromatic heterocycles. The lowest BCUT2D eigenvalue weighted by Crippen LogP contribution is -2.23. The Kier molecular flexibility index (Phi) is 6.82. The second-order valence-corrected chi connectivity index (χ2v) is 6.27. The van der Waals surface area contributed by atoms with Gasteiger partial charge in [-0.15, -0.1) is 11.3 Å². The number of hydrogen-bond acceptors (Lipinski definition) is 2. The molecule has 1 unspecified atom stereocenters. The first kappa shape index (κ1) is 15.3. The molecule has 2 rings (SSSR count). The van der Waals surface area contributed by atoms with E-state index < -0.39 is 0 Å². The van der Waals surface area contributed by atoms with E-state index in [0.29, 0.717) is 6.04 Å². The van der Waals surface area contributed by atoms with Gasteiger partial charge < -0.3 is 5.32 Å². The summed E-state index contributed by atoms with van der Waals surface area (Å²) in [5.74, 6) is 0. The molecule has 0 fully saturated rings. The first-order chi connectivity index (χ1) is 9.90. The predicted octanol–water partition coefficient (Wildman–Crippen LogP) is 5.20. The highest BCUT2D eigenvalue weighted by atomic mass is 32.1. The zero-order chi connectivity index (χ0) is 14.0. The molecule has 1 atom stereocenters. The van der Waals surface area contributed by atoms with E-state index in [9.17, 15) is 0 Å². The van der Waals surface area contributed by atoms with Gasteiger partial charge in [0.05, 0.1) is 0 Å². The largest absolute Gasteiger partial charge is 0.310 e. The van der Waals surface area contributed by atoms with E-state index in [1.54, 1.807) is 0 Å². The summed E-state index contributed by atoms with van der Waals surface area (Å²) in [6, 6.07) is 15.7. The van der Waals surface area contributed by atoms with Crippen LogP contribution in [0.1, 0.15) is 49.1 Å². The second-order valence-electron chi connectivity index (χ2n) is 5.24. The molecule has 2 aromatic rings. The van der Waals surface area contributed by atoms with Gasteiger partial charge in [-0.25, -0.2) is 0 Å². The highest BCUT2D eigenvalue weighted by Gasteiger charge is 2.09. The van der Waals surface area contributed by atoms with Crippen LogP contribution in [0.25, 0.3) is 0 Å². The van der Waals surface area contributed by atoms with Gasteiger partial charge in [-0.2, -0.15) is 0 Å². The van der Waals surface area contributed by atoms with Gasteiger partial charge in [-0.3, -0.25) is 0 Å². The summed E-state index contributed by atoms with van der Waals surface area (Å²) in [4.78, 5) is 1.47. The van der Waals surface area contributed by atoms with Gasteiger partial charge in [0, 0.05) is 17.5 Å². The SMILES string of the molecule is CCCCCC(NCCc1cccs1)c1ccccc1. The van der Waals surface area contributed by atoms with Crippen molar-refractivity contribution in [3.8, 4) is 0 Å². The molecule has 0 aliphatic heterocycles. The summed E-state index contributed by atoms with van der Waals surface area (Å²) in [7, 11) is 0. The molecular formula is C18H25NS. The van der Waals surface area contributed by atoms with Gasteiger partial charge in [0.1, 0.15) is 0 Å². The van der Waals surface area contributed by atoms with Crippen molar-refractivity contribution in [3.63, 3.8) is 0 Å². The molecule has 1 heterocycles. The molecule has 1 nitrogen and oxygen atoms in total. The molecule has 0 amide bonds. The maximum Gasteiger partial charge on any atom is 0.0320 e. The molecule has 0 aliphatic carbocycles. The number of hydrogen-bond donors (Lipinski definition) is 1. The highest BCUT2D eigenvalue weighted by Crippen LogP contribution is 2.20. The lowest BCUT2D eigenvalue weighted by molar-refractivity contribution is 0.478. The molecule has 0 aliphatic rings. The van der Waals surface area contributed by atoms with Crippen LogP contribution in [0.15, 0.2) is 47.8 Å². The molecule has 1 N–H and O–H groups in total. The minimum absolute atomic E-state index is 0.503. The van der Waals surface area contributed by atoms with Crippen LogP contribution < -0.4 is 5.32 Å². The van der Waals surface area contributed by atoms with E-state index in [0.717, 1.165) is 13.0 Å². The molecule has 0 saturated carbocycles. The Bertz CT molecular complexity index is 450. The Morgan fingerprint density at radius 1 is 1.05 bits per heavy atom. The third-order valence-corrected chi connectivity index (χ3v) is 4.58. The van der Waals surface area contributed by atoms with Crippen molar-refractivity contribution in [1.29, 1.82) is 0 Å². The van der Waals surface area contributed by atoms with Crippen molar-refractivity contribution in [2.75, 3.05) is 6.54 Å². The van der Waals surface area contributed by atoms with Crippen LogP contribution in [-0.2, 0) is 6.42 Å². The van der Waals surface area contributed by atoms with Gasteiger partial charge in [0.25, 0.3) is 0 Å². The highest BCUT2D eigenvalue weighted by molar-refractivity contribution is 7.09. The Hall–Kier alpha value is -1.12. The fourth-order valence-electron chi connectivity index (χ4n) is 2.49. The molecule has 2 heteroatoms. The monoisotopic (exact) mass is 287 g/mol. The first-order valence-corrected chi connectivity index (χ1v) is 8.59. The van der Waals surface area contributed by atoms with Crippen LogP contribution in [0.5, 0.6) is 0 Å². The van der Waals surface area contributed by atoms with Crippen LogP contribution in [-0.4, -0.2) is 6.54 Å². The Labute approximate surface area is 127 Å². The van der Waals surface area contributed by atoms with Gasteiger partial charge in [0.2, 0.25) is 0 Å². The number of benzene rings is 1. The van der Waals surface area contributed by atoms with Crippen molar-refractivity contribution >= 4 is 11.3 Å². The molecule has 108 valence electrons. The zero-order valence-corrected chi connectivity index (χ0v) is 13.2. The Balaban J connectivity index is 1.85. The normalized spacial score (nSPS) is 12.4. The Morgan fingerprint density at radius 2 is 1.90 bits per heavy atom. The quantitative estimate of drug-likeness (QED) is 0.625. The first-order valence-electron chi connectivity index (χ1n) is 7.71. The molecule has 0 radical (unpaired) electrons. The van der Waals surface area contributed by atoms with E-state index in [1.165, 1.54) is 36.1 Å². The maximum atomic E-state index is 3.74. The average Bonchev–Trinajstić information content (AvgIpc) is 3.00. The summed E-state index contributed by atoms with van der Waals surface area (Å²) in [6.07, 6.45) is 6.30. The topological polar surface area (TPSA) is 12.0 Å². The summed E-state index contributed by atoms with van der Waals surface area (Å²) in [5.41, 5.74) is 1.43. The average molecular weight is 287 g/mol. The minimum atomic E-state index is 0.503. The van der Waals surface area contributed by atoms with Crippen molar-refractivity contribution < 1.29 is 0 Å². The number of unbranched alkanes of at least 4 members (excludes halogenated alkanes) is 2. The molecule has 0 bridgehead atoms. The van der Waals surface area contributed by atoms with Crippen LogP contribution >= 0.6 is 11.3 Å². The molecule has 1 aromatic carbocycles. The standard InChI is InChI=1S/C18H25NS/c1-2-3-5-12-18(16-9-6-4-7-10-16)19-14-13-17-11-8-15-20-17/h4,6-11,15,18-19H,2-3,5,12-14H2,1H3. The summed E-state index contributed by atoms with van der Waals surface area (Å²) < 4.78 is 0. The van der Waals surface area contributed by atoms with E-state index in [2.05, 4.69) is 60.1 Å². The van der Waals surface area contributed by atoms with Gasteiger partial charge in [0.15, 0.2) is 0 Å². The van der Waals surface area contributed by atoms with E-state index in [1.807, 2.05) is 11.3 Å². The number of thiophene rings is 1. The van der Waals surface area contributed by atoms with Gasteiger partial charge in [-0.1, -0.05) is 62.6 Å². The fourth-order valence-corrected chi connectivity index (χ4v) is 3.20. The molecule has 20 heavy (non-hydrogen) atoms. The third-order valence-electron chi connectivity index (χ3n) is 3.64. The van der Waals surface area contributed by atoms with Crippen LogP contribution in [0.2, 0.25) is 0 Å². The molecule has 0 spiro atoms. The van der Waals surface area contributed by atoms with Gasteiger partial charge in [-0.05, 0) is 29.9 Å². The lowest BCUT2D eigenvalue weighted by atomic mass is 10.0. The van der Waals surface area contributed by atoms with Crippen LogP contribution in [0.3, 0.4) is 0 Å². The summed E-state index contributed by atoms with van der Waals surface area (Å²) in [5, 5.41) is 5.90. The van der Waals surface area contributed by atoms with E-state index >= 15 is 0 Å². The zero-order valence-electron chi connectivity index (χ0n) is 12.3. The Morgan fingerprint density at radius 3 is 2.60 bits per heavy atom. The van der Waals surface area contributed by atoms with Crippen molar-refractivity contribution in [2.45, 2.75) is 45.1 Å². The van der Waals surface area contributed by atoms with E-state index in [4.69, 9.17) is 0 Å². The van der Waals surface area contributed by atoms with Crippen LogP contribution in [0.4, 0.5) is 0 Å². The van der Waals surface area contributed by atoms with Crippen molar-refractivity contribution in [1.82, 2.24) is 5.32 Å². The molecule has 0 saturated heterocycles. The lowest BCUT2D eigenvalue weighted by Gasteiger charge is -2.19. The summed E-state index contributed by atoms with van der Waals surface area (Å²) in [6.45, 7) is 3.33. The van der Waals surface area contributed by atoms with Gasteiger partial charge >= 0.3 is 0 Å². The molecular weight excluding hydrogens is 262 g/mol. The minimum Gasteiger partial charge on any atom is -0.310 e. The maximum absolute atomic E-state index is 3.74. The smallest absolute Gasteiger partial charge is 0.0320 e. The predicted molar refractivity (Wildman–Crippen MR) is 89.4 cm³/mol. The van der Waals surface area contributed by atoms with Crippen LogP contribution in [0, 0.1) is 0 Å². The third kappa shape index (κ3) is 5.10. The summed E-state index contributed by atoms with van der Waals surface area (Å²) >= 11 is 1.85. The van der Waals surface area contributed by atoms with Crippen molar-refractivity contribution in [2.24, 2.45) is 0 Å². The fraction of sp³-hybridized carbons (Fsp3) is 0.444. The second kappa shape index (κ2) is 8.93. The van der Waals surface area contributed by atoms with E-state index in [-0.39, 0.29) is 0 Å². The number of rotatable bonds is 9. The number of nitrogens with one attached hydrogen (secondary N) is 1.